The van der Waals surface area contributed by atoms with Crippen LogP contribution >= 0.6 is 11.6 Å². The molecule has 7 heteroatoms. The van der Waals surface area contributed by atoms with Gasteiger partial charge in [-0.15, -0.1) is 0 Å². The van der Waals surface area contributed by atoms with Crippen molar-refractivity contribution in [1.82, 2.24) is 0 Å². The summed E-state index contributed by atoms with van der Waals surface area (Å²) in [6.45, 7) is 12.1. The maximum Gasteiger partial charge on any atom is 0.267 e. The van der Waals surface area contributed by atoms with Gasteiger partial charge in [-0.25, -0.2) is 0 Å². The first kappa shape index (κ1) is 23.9. The van der Waals surface area contributed by atoms with Gasteiger partial charge in [0.25, 0.3) is 5.91 Å². The summed E-state index contributed by atoms with van der Waals surface area (Å²) in [5, 5.41) is 3.50. The van der Waals surface area contributed by atoms with Crippen LogP contribution in [-0.2, 0) is 9.59 Å². The van der Waals surface area contributed by atoms with E-state index in [0.717, 1.165) is 0 Å². The summed E-state index contributed by atoms with van der Waals surface area (Å²) in [7, 11) is 0. The van der Waals surface area contributed by atoms with Crippen molar-refractivity contribution in [1.29, 1.82) is 0 Å². The van der Waals surface area contributed by atoms with Crippen LogP contribution in [0.25, 0.3) is 0 Å². The van der Waals surface area contributed by atoms with Gasteiger partial charge >= 0.3 is 0 Å². The molecule has 2 amide bonds. The Kier molecular flexibility index (Phi) is 6.75. The summed E-state index contributed by atoms with van der Waals surface area (Å²) >= 11 is 5.92. The zero-order valence-corrected chi connectivity index (χ0v) is 20.2. The molecule has 0 atom stereocenters. The molecule has 0 radical (unpaired) electrons. The molecule has 0 saturated heterocycles. The van der Waals surface area contributed by atoms with E-state index in [-0.39, 0.29) is 17.7 Å². The van der Waals surface area contributed by atoms with Crippen molar-refractivity contribution >= 4 is 34.8 Å². The third-order valence-corrected chi connectivity index (χ3v) is 5.45. The minimum Gasteiger partial charge on any atom is -0.490 e. The molecule has 0 aromatic heterocycles. The molecule has 0 unspecified atom stereocenters. The van der Waals surface area contributed by atoms with Crippen LogP contribution in [0.3, 0.4) is 0 Å². The Labute approximate surface area is 194 Å². The van der Waals surface area contributed by atoms with Gasteiger partial charge in [-0.2, -0.15) is 0 Å². The van der Waals surface area contributed by atoms with Crippen molar-refractivity contribution in [2.75, 3.05) is 23.4 Å². The predicted molar refractivity (Wildman–Crippen MR) is 128 cm³/mol. The number of benzene rings is 2. The Balaban J connectivity index is 1.85. The molecule has 1 aliphatic rings. The average molecular weight is 459 g/mol. The van der Waals surface area contributed by atoms with Crippen molar-refractivity contribution in [3.8, 4) is 11.5 Å². The number of fused-ring (bicyclic) bond motifs is 1. The van der Waals surface area contributed by atoms with Crippen LogP contribution in [0.5, 0.6) is 11.5 Å². The lowest BCUT2D eigenvalue weighted by atomic mass is 9.92. The molecule has 0 fully saturated rings. The molecule has 1 aliphatic heterocycles. The largest absolute Gasteiger partial charge is 0.490 e. The minimum absolute atomic E-state index is 0.000159. The zero-order valence-electron chi connectivity index (χ0n) is 19.5. The molecule has 3 rings (SSSR count). The third kappa shape index (κ3) is 5.36. The van der Waals surface area contributed by atoms with E-state index >= 15 is 0 Å². The number of hydrogen-bond donors (Lipinski definition) is 1. The summed E-state index contributed by atoms with van der Waals surface area (Å²) in [5.41, 5.74) is -0.562. The fourth-order valence-corrected chi connectivity index (χ4v) is 3.52. The van der Waals surface area contributed by atoms with E-state index in [1.54, 1.807) is 61.2 Å². The molecule has 6 nitrogen and oxygen atoms in total. The van der Waals surface area contributed by atoms with Crippen molar-refractivity contribution in [2.45, 2.75) is 47.1 Å². The molecule has 0 bridgehead atoms. The highest BCUT2D eigenvalue weighted by atomic mass is 35.5. The number of carbonyl (C=O) groups excluding carboxylic acids is 2. The van der Waals surface area contributed by atoms with E-state index in [1.807, 2.05) is 13.8 Å². The first-order valence-corrected chi connectivity index (χ1v) is 11.1. The number of halogens is 1. The van der Waals surface area contributed by atoms with E-state index in [1.165, 1.54) is 0 Å². The highest BCUT2D eigenvalue weighted by Crippen LogP contribution is 2.39. The minimum atomic E-state index is -1.13. The predicted octanol–water partition coefficient (Wildman–Crippen LogP) is 5.54. The molecule has 32 heavy (non-hydrogen) atoms. The molecular weight excluding hydrogens is 428 g/mol. The smallest absolute Gasteiger partial charge is 0.267 e. The maximum atomic E-state index is 13.2. The Morgan fingerprint density at radius 1 is 1.22 bits per heavy atom. The topological polar surface area (TPSA) is 67.9 Å². The van der Waals surface area contributed by atoms with Crippen molar-refractivity contribution in [3.63, 3.8) is 0 Å². The number of ether oxygens (including phenoxy) is 2. The number of nitrogens with one attached hydrogen (secondary N) is 1. The summed E-state index contributed by atoms with van der Waals surface area (Å²) < 4.78 is 11.8. The molecule has 0 saturated carbocycles. The van der Waals surface area contributed by atoms with Gasteiger partial charge in [0.1, 0.15) is 18.1 Å². The molecule has 172 valence electrons. The zero-order chi connectivity index (χ0) is 23.7. The number of carbonyl (C=O) groups is 2. The number of hydrogen-bond acceptors (Lipinski definition) is 4. The van der Waals surface area contributed by atoms with Gasteiger partial charge in [0.05, 0.1) is 11.1 Å². The Hall–Kier alpha value is -2.73. The van der Waals surface area contributed by atoms with E-state index < -0.39 is 11.0 Å². The Bertz CT molecular complexity index is 1000. The van der Waals surface area contributed by atoms with Crippen molar-refractivity contribution in [3.05, 3.63) is 47.5 Å². The van der Waals surface area contributed by atoms with Crippen LogP contribution in [0.2, 0.25) is 5.02 Å². The SMILES string of the molecule is CC(C)CN1C(=O)C(C)(C)COc2ccc(NC(=O)C(C)(C)Oc3ccc(Cl)cc3)cc21. The highest BCUT2D eigenvalue weighted by molar-refractivity contribution is 6.30. The van der Waals surface area contributed by atoms with Crippen LogP contribution in [-0.4, -0.2) is 30.6 Å². The summed E-state index contributed by atoms with van der Waals surface area (Å²) in [6, 6.07) is 12.2. The number of amides is 2. The van der Waals surface area contributed by atoms with Gasteiger partial charge in [-0.3, -0.25) is 9.59 Å². The number of nitrogens with zero attached hydrogens (tertiary/aromatic N) is 1. The second kappa shape index (κ2) is 9.02. The standard InChI is InChI=1S/C25H31ClN2O4/c1-16(2)14-28-20-13-18(9-12-21(20)31-15-24(3,4)23(28)30)27-22(29)25(5,6)32-19-10-7-17(26)8-11-19/h7-13,16H,14-15H2,1-6H3,(H,27,29). The molecule has 0 aliphatic carbocycles. The van der Waals surface area contributed by atoms with Crippen molar-refractivity contribution in [2.24, 2.45) is 11.3 Å². The summed E-state index contributed by atoms with van der Waals surface area (Å²) in [4.78, 5) is 28.0. The van der Waals surface area contributed by atoms with Crippen LogP contribution in [0.15, 0.2) is 42.5 Å². The molecule has 2 aromatic rings. The quantitative estimate of drug-likeness (QED) is 0.616. The van der Waals surface area contributed by atoms with E-state index in [0.29, 0.717) is 41.0 Å². The molecular formula is C25H31ClN2O4. The van der Waals surface area contributed by atoms with E-state index in [2.05, 4.69) is 19.2 Å². The van der Waals surface area contributed by atoms with E-state index in [9.17, 15) is 9.59 Å². The van der Waals surface area contributed by atoms with Crippen LogP contribution in [0.4, 0.5) is 11.4 Å². The molecule has 2 aromatic carbocycles. The number of rotatable bonds is 6. The van der Waals surface area contributed by atoms with Crippen LogP contribution in [0.1, 0.15) is 41.5 Å². The third-order valence-electron chi connectivity index (χ3n) is 5.20. The van der Waals surface area contributed by atoms with Crippen LogP contribution in [0, 0.1) is 11.3 Å². The van der Waals surface area contributed by atoms with E-state index in [4.69, 9.17) is 21.1 Å². The van der Waals surface area contributed by atoms with Gasteiger partial charge in [0.15, 0.2) is 5.60 Å². The fraction of sp³-hybridized carbons (Fsp3) is 0.440. The van der Waals surface area contributed by atoms with Crippen LogP contribution < -0.4 is 19.7 Å². The molecule has 1 N–H and O–H groups in total. The van der Waals surface area contributed by atoms with Crippen molar-refractivity contribution < 1.29 is 19.1 Å². The first-order chi connectivity index (χ1) is 14.9. The average Bonchev–Trinajstić information content (AvgIpc) is 2.79. The Morgan fingerprint density at radius 3 is 2.50 bits per heavy atom. The van der Waals surface area contributed by atoms with Gasteiger partial charge in [0, 0.05) is 17.3 Å². The van der Waals surface area contributed by atoms with Gasteiger partial charge in [0.2, 0.25) is 5.91 Å². The van der Waals surface area contributed by atoms with Gasteiger partial charge in [-0.1, -0.05) is 25.4 Å². The lowest BCUT2D eigenvalue weighted by molar-refractivity contribution is -0.128. The monoisotopic (exact) mass is 458 g/mol. The van der Waals surface area contributed by atoms with Gasteiger partial charge in [-0.05, 0) is 76.1 Å². The lowest BCUT2D eigenvalue weighted by Crippen LogP contribution is -2.44. The molecule has 0 spiro atoms. The maximum absolute atomic E-state index is 13.2. The molecule has 1 heterocycles. The summed E-state index contributed by atoms with van der Waals surface area (Å²) in [5.74, 6) is 1.12. The second-order valence-electron chi connectivity index (χ2n) is 9.69. The lowest BCUT2D eigenvalue weighted by Gasteiger charge is -2.30. The first-order valence-electron chi connectivity index (χ1n) is 10.7. The normalized spacial score (nSPS) is 15.6. The second-order valence-corrected chi connectivity index (χ2v) is 10.1. The highest BCUT2D eigenvalue weighted by Gasteiger charge is 2.38. The fourth-order valence-electron chi connectivity index (χ4n) is 3.39. The Morgan fingerprint density at radius 2 is 1.88 bits per heavy atom. The number of anilines is 2. The van der Waals surface area contributed by atoms with Gasteiger partial charge < -0.3 is 19.7 Å². The summed E-state index contributed by atoms with van der Waals surface area (Å²) in [6.07, 6.45) is 0.